The standard InChI is InChI=1S/C10H18N2O3/c1-7(11-2)9(13)12-6-4-3-5-8(12)10(14)15/h7-8,11H,3-6H2,1-2H3,(H,14,15)/t7?,8-/m0/s1. The Kier molecular flexibility index (Phi) is 4.08. The molecular formula is C10H18N2O3. The first kappa shape index (κ1) is 12.0. The second-order valence-electron chi connectivity index (χ2n) is 3.89. The molecule has 1 aliphatic heterocycles. The van der Waals surface area contributed by atoms with Crippen LogP contribution in [0.4, 0.5) is 0 Å². The van der Waals surface area contributed by atoms with E-state index in [2.05, 4.69) is 5.32 Å². The van der Waals surface area contributed by atoms with Gasteiger partial charge in [0.2, 0.25) is 5.91 Å². The summed E-state index contributed by atoms with van der Waals surface area (Å²) in [6.07, 6.45) is 2.35. The van der Waals surface area contributed by atoms with Crippen molar-refractivity contribution in [3.63, 3.8) is 0 Å². The van der Waals surface area contributed by atoms with Crippen molar-refractivity contribution in [3.8, 4) is 0 Å². The summed E-state index contributed by atoms with van der Waals surface area (Å²) in [4.78, 5) is 24.3. The number of nitrogens with one attached hydrogen (secondary N) is 1. The summed E-state index contributed by atoms with van der Waals surface area (Å²) in [5.74, 6) is -1.02. The molecule has 86 valence electrons. The first-order valence-electron chi connectivity index (χ1n) is 5.28. The molecule has 0 aliphatic carbocycles. The number of nitrogens with zero attached hydrogens (tertiary/aromatic N) is 1. The molecule has 1 amide bonds. The van der Waals surface area contributed by atoms with E-state index in [-0.39, 0.29) is 11.9 Å². The number of carbonyl (C=O) groups excluding carboxylic acids is 1. The van der Waals surface area contributed by atoms with E-state index in [1.54, 1.807) is 14.0 Å². The van der Waals surface area contributed by atoms with E-state index in [1.807, 2.05) is 0 Å². The lowest BCUT2D eigenvalue weighted by molar-refractivity contribution is -0.152. The van der Waals surface area contributed by atoms with Crippen LogP contribution < -0.4 is 5.32 Å². The summed E-state index contributed by atoms with van der Waals surface area (Å²) in [5.41, 5.74) is 0. The van der Waals surface area contributed by atoms with Gasteiger partial charge in [-0.1, -0.05) is 0 Å². The Bertz CT molecular complexity index is 255. The lowest BCUT2D eigenvalue weighted by Crippen LogP contribution is -2.53. The molecule has 5 nitrogen and oxygen atoms in total. The minimum Gasteiger partial charge on any atom is -0.480 e. The number of hydrogen-bond donors (Lipinski definition) is 2. The Morgan fingerprint density at radius 3 is 2.67 bits per heavy atom. The summed E-state index contributed by atoms with van der Waals surface area (Å²) in [7, 11) is 1.70. The van der Waals surface area contributed by atoms with E-state index in [4.69, 9.17) is 5.11 Å². The van der Waals surface area contributed by atoms with Gasteiger partial charge in [-0.2, -0.15) is 0 Å². The molecule has 0 aromatic heterocycles. The van der Waals surface area contributed by atoms with Crippen LogP contribution in [0, 0.1) is 0 Å². The lowest BCUT2D eigenvalue weighted by atomic mass is 10.0. The van der Waals surface area contributed by atoms with Crippen molar-refractivity contribution in [2.75, 3.05) is 13.6 Å². The van der Waals surface area contributed by atoms with Gasteiger partial charge in [-0.05, 0) is 33.2 Å². The first-order valence-corrected chi connectivity index (χ1v) is 5.28. The van der Waals surface area contributed by atoms with Crippen molar-refractivity contribution in [3.05, 3.63) is 0 Å². The summed E-state index contributed by atoms with van der Waals surface area (Å²) in [6.45, 7) is 2.30. The summed E-state index contributed by atoms with van der Waals surface area (Å²) >= 11 is 0. The number of rotatable bonds is 3. The molecule has 1 fully saturated rings. The second-order valence-corrected chi connectivity index (χ2v) is 3.89. The molecule has 1 saturated heterocycles. The van der Waals surface area contributed by atoms with Crippen molar-refractivity contribution in [1.29, 1.82) is 0 Å². The molecule has 0 saturated carbocycles. The molecule has 0 aromatic rings. The maximum absolute atomic E-state index is 11.8. The minimum atomic E-state index is -0.897. The largest absolute Gasteiger partial charge is 0.480 e. The highest BCUT2D eigenvalue weighted by molar-refractivity contribution is 5.86. The fourth-order valence-corrected chi connectivity index (χ4v) is 1.82. The number of aliphatic carboxylic acids is 1. The van der Waals surface area contributed by atoms with Crippen LogP contribution >= 0.6 is 0 Å². The Balaban J connectivity index is 2.71. The molecule has 2 atom stereocenters. The van der Waals surface area contributed by atoms with Crippen LogP contribution in [0.3, 0.4) is 0 Å². The summed E-state index contributed by atoms with van der Waals surface area (Å²) in [5, 5.41) is 11.8. The fourth-order valence-electron chi connectivity index (χ4n) is 1.82. The van der Waals surface area contributed by atoms with Gasteiger partial charge in [-0.3, -0.25) is 4.79 Å². The van der Waals surface area contributed by atoms with Crippen LogP contribution in [-0.4, -0.2) is 47.6 Å². The molecule has 0 radical (unpaired) electrons. The zero-order chi connectivity index (χ0) is 11.4. The highest BCUT2D eigenvalue weighted by Crippen LogP contribution is 2.18. The van der Waals surface area contributed by atoms with Crippen LogP contribution in [0.2, 0.25) is 0 Å². The Morgan fingerprint density at radius 2 is 2.13 bits per heavy atom. The Morgan fingerprint density at radius 1 is 1.47 bits per heavy atom. The quantitative estimate of drug-likeness (QED) is 0.697. The van der Waals surface area contributed by atoms with E-state index in [9.17, 15) is 9.59 Å². The van der Waals surface area contributed by atoms with Crippen LogP contribution in [-0.2, 0) is 9.59 Å². The molecule has 2 N–H and O–H groups in total. The van der Waals surface area contributed by atoms with E-state index < -0.39 is 12.0 Å². The first-order chi connectivity index (χ1) is 7.07. The third-order valence-electron chi connectivity index (χ3n) is 2.87. The van der Waals surface area contributed by atoms with Gasteiger partial charge >= 0.3 is 5.97 Å². The van der Waals surface area contributed by atoms with Gasteiger partial charge in [0.05, 0.1) is 6.04 Å². The SMILES string of the molecule is CNC(C)C(=O)N1CCCC[C@H]1C(=O)O. The van der Waals surface area contributed by atoms with Crippen molar-refractivity contribution in [1.82, 2.24) is 10.2 Å². The average Bonchev–Trinajstić information content (AvgIpc) is 2.27. The molecule has 1 rings (SSSR count). The van der Waals surface area contributed by atoms with Crippen LogP contribution in [0.15, 0.2) is 0 Å². The third kappa shape index (κ3) is 2.68. The monoisotopic (exact) mass is 214 g/mol. The van der Waals surface area contributed by atoms with E-state index >= 15 is 0 Å². The number of hydrogen-bond acceptors (Lipinski definition) is 3. The predicted octanol–water partition coefficient (Wildman–Crippen LogP) is 0.0600. The third-order valence-corrected chi connectivity index (χ3v) is 2.87. The molecule has 0 aromatic carbocycles. The fraction of sp³-hybridized carbons (Fsp3) is 0.800. The van der Waals surface area contributed by atoms with Crippen molar-refractivity contribution in [2.24, 2.45) is 0 Å². The molecular weight excluding hydrogens is 196 g/mol. The molecule has 5 heteroatoms. The topological polar surface area (TPSA) is 69.6 Å². The molecule has 1 aliphatic rings. The van der Waals surface area contributed by atoms with E-state index in [1.165, 1.54) is 4.90 Å². The summed E-state index contributed by atoms with van der Waals surface area (Å²) in [6, 6.07) is -0.952. The highest BCUT2D eigenvalue weighted by atomic mass is 16.4. The van der Waals surface area contributed by atoms with Gasteiger partial charge in [0.15, 0.2) is 0 Å². The van der Waals surface area contributed by atoms with E-state index in [0.717, 1.165) is 12.8 Å². The van der Waals surface area contributed by atoms with E-state index in [0.29, 0.717) is 13.0 Å². The van der Waals surface area contributed by atoms with Crippen molar-refractivity contribution >= 4 is 11.9 Å². The van der Waals surface area contributed by atoms with Crippen molar-refractivity contribution < 1.29 is 14.7 Å². The maximum atomic E-state index is 11.8. The van der Waals surface area contributed by atoms with Gasteiger partial charge in [-0.25, -0.2) is 4.79 Å². The Labute approximate surface area is 89.4 Å². The van der Waals surface area contributed by atoms with Gasteiger partial charge in [-0.15, -0.1) is 0 Å². The van der Waals surface area contributed by atoms with Gasteiger partial charge in [0.25, 0.3) is 0 Å². The van der Waals surface area contributed by atoms with Gasteiger partial charge in [0.1, 0.15) is 6.04 Å². The van der Waals surface area contributed by atoms with Crippen LogP contribution in [0.5, 0.6) is 0 Å². The summed E-state index contributed by atoms with van der Waals surface area (Å²) < 4.78 is 0. The van der Waals surface area contributed by atoms with Crippen LogP contribution in [0.1, 0.15) is 26.2 Å². The molecule has 1 heterocycles. The highest BCUT2D eigenvalue weighted by Gasteiger charge is 2.33. The molecule has 0 spiro atoms. The van der Waals surface area contributed by atoms with Crippen molar-refractivity contribution in [2.45, 2.75) is 38.3 Å². The smallest absolute Gasteiger partial charge is 0.326 e. The molecule has 1 unspecified atom stereocenters. The number of carboxylic acid groups (broad SMARTS) is 1. The second kappa shape index (κ2) is 5.11. The number of amides is 1. The maximum Gasteiger partial charge on any atom is 0.326 e. The molecule has 15 heavy (non-hydrogen) atoms. The average molecular weight is 214 g/mol. The minimum absolute atomic E-state index is 0.121. The number of carboxylic acids is 1. The number of carbonyl (C=O) groups is 2. The van der Waals surface area contributed by atoms with Crippen LogP contribution in [0.25, 0.3) is 0 Å². The van der Waals surface area contributed by atoms with Gasteiger partial charge < -0.3 is 15.3 Å². The Hall–Kier alpha value is -1.10. The normalized spacial score (nSPS) is 23.6. The lowest BCUT2D eigenvalue weighted by Gasteiger charge is -2.34. The number of piperidine rings is 1. The zero-order valence-electron chi connectivity index (χ0n) is 9.19. The zero-order valence-corrected chi connectivity index (χ0v) is 9.19. The number of likely N-dealkylation sites (N-methyl/N-ethyl adjacent to an activating group) is 1. The molecule has 0 bridgehead atoms. The van der Waals surface area contributed by atoms with Gasteiger partial charge in [0, 0.05) is 6.54 Å². The number of likely N-dealkylation sites (tertiary alicyclic amines) is 1. The predicted molar refractivity (Wildman–Crippen MR) is 55.5 cm³/mol.